The number of aromatic nitrogens is 2. The monoisotopic (exact) mass is 533 g/mol. The van der Waals surface area contributed by atoms with Gasteiger partial charge in [-0.05, 0) is 6.07 Å². The molecule has 0 spiro atoms. The molecule has 1 saturated heterocycles. The van der Waals surface area contributed by atoms with Crippen molar-refractivity contribution < 1.29 is 60.6 Å². The Hall–Kier alpha value is -0.770. The molecular weight excluding hydrogens is 517 g/mol. The van der Waals surface area contributed by atoms with E-state index in [1.807, 2.05) is 0 Å². The van der Waals surface area contributed by atoms with Gasteiger partial charge in [0, 0.05) is 6.20 Å². The summed E-state index contributed by atoms with van der Waals surface area (Å²) in [5.74, 6) is -4.46. The molecule has 178 valence electrons. The highest BCUT2D eigenvalue weighted by atomic mass is 35.5. The van der Waals surface area contributed by atoms with E-state index in [0.29, 0.717) is 0 Å². The Labute approximate surface area is 176 Å². The molecule has 1 aromatic rings. The topological polar surface area (TPSA) is 250 Å². The minimum atomic E-state index is -5.83. The molecule has 0 saturated carbocycles. The third-order valence-electron chi connectivity index (χ3n) is 3.76. The first-order valence-electron chi connectivity index (χ1n) is 7.69. The zero-order valence-electron chi connectivity index (χ0n) is 14.9. The van der Waals surface area contributed by atoms with Gasteiger partial charge in [-0.25, -0.2) is 22.9 Å². The number of phosphoric acid groups is 3. The zero-order valence-corrected chi connectivity index (χ0v) is 18.4. The van der Waals surface area contributed by atoms with Crippen LogP contribution < -0.4 is 11.4 Å². The summed E-state index contributed by atoms with van der Waals surface area (Å²) in [6.45, 7) is -1.39. The van der Waals surface area contributed by atoms with Crippen LogP contribution in [0.4, 0.5) is 10.2 Å². The minimum Gasteiger partial charge on any atom is -0.383 e. The Morgan fingerprint density at radius 1 is 1.29 bits per heavy atom. The molecule has 2 unspecified atom stereocenters. The largest absolute Gasteiger partial charge is 0.490 e. The van der Waals surface area contributed by atoms with E-state index in [-0.39, 0.29) is 5.82 Å². The molecule has 21 heteroatoms. The molecule has 7 N–H and O–H groups in total. The van der Waals surface area contributed by atoms with Crippen molar-refractivity contribution in [1.82, 2.24) is 9.55 Å². The quantitative estimate of drug-likeness (QED) is 0.176. The van der Waals surface area contributed by atoms with Crippen molar-refractivity contribution in [2.75, 3.05) is 18.2 Å². The van der Waals surface area contributed by atoms with Gasteiger partial charge in [-0.15, -0.1) is 11.6 Å². The van der Waals surface area contributed by atoms with E-state index in [2.05, 4.69) is 18.1 Å². The Morgan fingerprint density at radius 3 is 2.42 bits per heavy atom. The number of hydrogen-bond donors (Lipinski definition) is 6. The maximum absolute atomic E-state index is 14.9. The Bertz CT molecular complexity index is 1030. The van der Waals surface area contributed by atoms with E-state index in [9.17, 15) is 32.9 Å². The number of aliphatic hydroxyl groups is 1. The van der Waals surface area contributed by atoms with E-state index in [1.54, 1.807) is 0 Å². The van der Waals surface area contributed by atoms with Crippen molar-refractivity contribution in [3.05, 3.63) is 22.7 Å². The van der Waals surface area contributed by atoms with Crippen LogP contribution in [0.1, 0.15) is 12.6 Å². The molecule has 0 aliphatic carbocycles. The fourth-order valence-electron chi connectivity index (χ4n) is 2.42. The predicted molar refractivity (Wildman–Crippen MR) is 97.0 cm³/mol. The van der Waals surface area contributed by atoms with Gasteiger partial charge in [-0.3, -0.25) is 9.09 Å². The van der Waals surface area contributed by atoms with Crippen LogP contribution in [-0.2, 0) is 31.6 Å². The Kier molecular flexibility index (Phi) is 7.58. The number of rotatable bonds is 9. The number of nitrogens with zero attached hydrogens (tertiary/aromatic N) is 2. The molecule has 1 aliphatic heterocycles. The van der Waals surface area contributed by atoms with Crippen LogP contribution in [0, 0.1) is 0 Å². The fraction of sp³-hybridized carbons (Fsp3) is 0.600. The van der Waals surface area contributed by atoms with Crippen LogP contribution in [0.15, 0.2) is 17.1 Å². The number of phosphoric ester groups is 1. The highest BCUT2D eigenvalue weighted by Crippen LogP contribution is 2.66. The lowest BCUT2D eigenvalue weighted by Gasteiger charge is -2.33. The summed E-state index contributed by atoms with van der Waals surface area (Å²) in [6.07, 6.45) is -1.39. The van der Waals surface area contributed by atoms with Crippen LogP contribution in [0.3, 0.4) is 0 Å². The third-order valence-corrected chi connectivity index (χ3v) is 7.97. The van der Waals surface area contributed by atoms with Crippen molar-refractivity contribution >= 4 is 40.9 Å². The van der Waals surface area contributed by atoms with E-state index in [0.717, 1.165) is 16.8 Å². The van der Waals surface area contributed by atoms with E-state index in [1.165, 1.54) is 0 Å². The second-order valence-electron chi connectivity index (χ2n) is 6.07. The van der Waals surface area contributed by atoms with Gasteiger partial charge in [0.15, 0.2) is 5.60 Å². The number of nitrogens with two attached hydrogens (primary N) is 1. The number of nitrogen functional groups attached to an aromatic ring is 1. The highest BCUT2D eigenvalue weighted by Gasteiger charge is 2.62. The summed E-state index contributed by atoms with van der Waals surface area (Å²) in [6, 6.07) is 1.16. The van der Waals surface area contributed by atoms with Crippen LogP contribution in [0.25, 0.3) is 0 Å². The van der Waals surface area contributed by atoms with Crippen molar-refractivity contribution in [1.29, 1.82) is 0 Å². The lowest BCUT2D eigenvalue weighted by molar-refractivity contribution is -0.204. The summed E-state index contributed by atoms with van der Waals surface area (Å²) < 4.78 is 66.0. The summed E-state index contributed by atoms with van der Waals surface area (Å²) in [5, 5.41) is 10.1. The molecule has 0 aromatic carbocycles. The summed E-state index contributed by atoms with van der Waals surface area (Å²) >= 11 is 5.64. The molecule has 2 rings (SSSR count). The molecule has 1 aromatic heterocycles. The molecule has 2 heterocycles. The number of hydrogen-bond acceptors (Lipinski definition) is 11. The average Bonchev–Trinajstić information content (AvgIpc) is 2.80. The number of ether oxygens (including phenoxy) is 1. The maximum Gasteiger partial charge on any atom is 0.490 e. The molecule has 1 aliphatic rings. The fourth-order valence-corrected chi connectivity index (χ4v) is 5.83. The van der Waals surface area contributed by atoms with Gasteiger partial charge in [0.05, 0.1) is 18.9 Å². The lowest BCUT2D eigenvalue weighted by Crippen LogP contribution is -2.52. The Morgan fingerprint density at radius 2 is 1.90 bits per heavy atom. The summed E-state index contributed by atoms with van der Waals surface area (Å²) in [4.78, 5) is 50.9. The van der Waals surface area contributed by atoms with Crippen molar-refractivity contribution in [3.63, 3.8) is 0 Å². The standard InChI is InChI=1S/C10H16ClFN3O13P3/c11-4-9(5-25-30(21,22)28-31(23,24)27-29(18,19)20)10(12,17)3-7(26-9)15-2-1-6(13)14-8(15)16/h1-2,7,17H,3-5H2,(H,21,22)(H,23,24)(H2,13,14,16)(H2,18,19,20)/t7-,9-,10-/m1/s1. The first kappa shape index (κ1) is 26.5. The molecule has 0 bridgehead atoms. The van der Waals surface area contributed by atoms with Gasteiger partial charge in [-0.2, -0.15) is 13.6 Å². The molecule has 1 fully saturated rings. The highest BCUT2D eigenvalue weighted by molar-refractivity contribution is 7.66. The van der Waals surface area contributed by atoms with E-state index >= 15 is 0 Å². The van der Waals surface area contributed by atoms with Gasteiger partial charge >= 0.3 is 29.2 Å². The SMILES string of the molecule is Nc1ccn([C@H]2C[C@](O)(F)[C@@](CCl)(COP(=O)(O)OP(=O)(O)OP(=O)(O)O)O2)c(=O)n1. The van der Waals surface area contributed by atoms with Gasteiger partial charge in [-0.1, -0.05) is 0 Å². The molecule has 0 amide bonds. The van der Waals surface area contributed by atoms with Gasteiger partial charge in [0.25, 0.3) is 0 Å². The normalized spacial score (nSPS) is 30.6. The van der Waals surface area contributed by atoms with E-state index in [4.69, 9.17) is 36.8 Å². The number of alkyl halides is 2. The lowest BCUT2D eigenvalue weighted by atomic mass is 9.97. The van der Waals surface area contributed by atoms with Crippen LogP contribution in [0.5, 0.6) is 0 Å². The first-order valence-corrected chi connectivity index (χ1v) is 12.7. The summed E-state index contributed by atoms with van der Waals surface area (Å²) in [7, 11) is -17.1. The minimum absolute atomic E-state index is 0.161. The molecular formula is C10H16ClFN3O13P3. The molecule has 5 atom stereocenters. The molecule has 31 heavy (non-hydrogen) atoms. The second kappa shape index (κ2) is 8.88. The van der Waals surface area contributed by atoms with Gasteiger partial charge in [0.2, 0.25) is 5.85 Å². The third kappa shape index (κ3) is 6.62. The van der Waals surface area contributed by atoms with E-state index < -0.39 is 65.7 Å². The van der Waals surface area contributed by atoms with Crippen molar-refractivity contribution in [2.45, 2.75) is 24.1 Å². The predicted octanol–water partition coefficient (Wildman–Crippen LogP) is -0.277. The average molecular weight is 534 g/mol. The Balaban J connectivity index is 2.21. The zero-order chi connectivity index (χ0) is 23.9. The van der Waals surface area contributed by atoms with Crippen molar-refractivity contribution in [2.24, 2.45) is 0 Å². The van der Waals surface area contributed by atoms with Crippen LogP contribution in [-0.4, -0.2) is 58.2 Å². The van der Waals surface area contributed by atoms with Gasteiger partial charge in [0.1, 0.15) is 12.0 Å². The first-order chi connectivity index (χ1) is 13.9. The second-order valence-corrected chi connectivity index (χ2v) is 10.8. The van der Waals surface area contributed by atoms with Gasteiger partial charge < -0.3 is 35.2 Å². The smallest absolute Gasteiger partial charge is 0.383 e. The number of halogens is 2. The number of anilines is 1. The molecule has 16 nitrogen and oxygen atoms in total. The van der Waals surface area contributed by atoms with Crippen LogP contribution in [0.2, 0.25) is 0 Å². The summed E-state index contributed by atoms with van der Waals surface area (Å²) in [5.41, 5.74) is 1.75. The van der Waals surface area contributed by atoms with Crippen molar-refractivity contribution in [3.8, 4) is 0 Å². The molecule has 0 radical (unpaired) electrons. The van der Waals surface area contributed by atoms with Crippen LogP contribution >= 0.6 is 35.1 Å². The maximum atomic E-state index is 14.9.